The topological polar surface area (TPSA) is 183 Å². The average Bonchev–Trinajstić information content (AvgIpc) is 3.07. The molecular weight excluding hydrogens is 650 g/mol. The second-order valence-electron chi connectivity index (χ2n) is 12.9. The van der Waals surface area contributed by atoms with Crippen molar-refractivity contribution in [3.8, 4) is 0 Å². The summed E-state index contributed by atoms with van der Waals surface area (Å²) in [5.41, 5.74) is 0.953. The van der Waals surface area contributed by atoms with Gasteiger partial charge in [-0.15, -0.1) is 0 Å². The fourth-order valence-electron chi connectivity index (χ4n) is 6.02. The molecule has 6 rings (SSSR count). The van der Waals surface area contributed by atoms with E-state index in [2.05, 4.69) is 0 Å². The minimum absolute atomic E-state index is 0.0189. The van der Waals surface area contributed by atoms with Crippen LogP contribution in [-0.2, 0) is 9.47 Å². The third kappa shape index (κ3) is 7.83. The molecule has 4 heterocycles. The highest BCUT2D eigenvalue weighted by molar-refractivity contribution is 5.98. The Balaban J connectivity index is 0.000000195. The van der Waals surface area contributed by atoms with Crippen LogP contribution >= 0.6 is 0 Å². The Labute approximate surface area is 288 Å². The van der Waals surface area contributed by atoms with Gasteiger partial charge in [0.25, 0.3) is 5.91 Å². The van der Waals surface area contributed by atoms with Gasteiger partial charge in [0.05, 0.1) is 54.0 Å². The molecule has 2 aliphatic heterocycles. The first kappa shape index (κ1) is 36.5. The number of amides is 1. The fourth-order valence-corrected chi connectivity index (χ4v) is 6.02. The number of aliphatic hydroxyl groups excluding tert-OH is 2. The molecule has 2 unspecified atom stereocenters. The van der Waals surface area contributed by atoms with Gasteiger partial charge in [-0.2, -0.15) is 0 Å². The maximum Gasteiger partial charge on any atom is 0.335 e. The lowest BCUT2D eigenvalue weighted by atomic mass is 10.0. The van der Waals surface area contributed by atoms with Crippen LogP contribution in [0.15, 0.2) is 54.8 Å². The van der Waals surface area contributed by atoms with Gasteiger partial charge in [-0.3, -0.25) is 14.4 Å². The summed E-state index contributed by atoms with van der Waals surface area (Å²) in [7, 11) is 3.28. The quantitative estimate of drug-likeness (QED) is 0.267. The van der Waals surface area contributed by atoms with Gasteiger partial charge >= 0.3 is 5.97 Å². The Bertz CT molecular complexity index is 2020. The first-order valence-electron chi connectivity index (χ1n) is 16.4. The number of carboxylic acids is 1. The molecule has 0 saturated carbocycles. The van der Waals surface area contributed by atoms with Gasteiger partial charge in [0.1, 0.15) is 11.2 Å². The van der Waals surface area contributed by atoms with Crippen molar-refractivity contribution >= 4 is 45.6 Å². The molecule has 4 aromatic rings. The van der Waals surface area contributed by atoms with Crippen molar-refractivity contribution in [1.82, 2.24) is 4.90 Å². The van der Waals surface area contributed by atoms with Crippen LogP contribution in [0.4, 0.5) is 11.8 Å². The number of hydrogen-bond acceptors (Lipinski definition) is 12. The molecule has 4 atom stereocenters. The molecule has 2 aliphatic rings. The van der Waals surface area contributed by atoms with Crippen molar-refractivity contribution in [3.63, 3.8) is 0 Å². The zero-order valence-electron chi connectivity index (χ0n) is 29.0. The maximum atomic E-state index is 12.7. The lowest BCUT2D eigenvalue weighted by Gasteiger charge is -2.31. The second-order valence-corrected chi connectivity index (χ2v) is 12.9. The largest absolute Gasteiger partial charge is 0.478 e. The first-order chi connectivity index (χ1) is 23.6. The van der Waals surface area contributed by atoms with E-state index in [0.29, 0.717) is 73.3 Å². The zero-order valence-corrected chi connectivity index (χ0v) is 29.0. The number of carboxylic acid groups (broad SMARTS) is 1. The van der Waals surface area contributed by atoms with E-state index < -0.39 is 18.2 Å². The van der Waals surface area contributed by atoms with Crippen molar-refractivity contribution in [2.45, 2.75) is 52.1 Å². The van der Waals surface area contributed by atoms with Crippen molar-refractivity contribution in [2.75, 3.05) is 63.3 Å². The van der Waals surface area contributed by atoms with Crippen LogP contribution in [0.3, 0.4) is 0 Å². The number of hydrogen-bond donors (Lipinski definition) is 3. The maximum absolute atomic E-state index is 12.7. The standard InChI is InChI=1S/C19H24N2O5.C17H19NO6/c1-11-10-21(5-6-25-11)17-9-16(23)15-8-13(19(24)20(3)4)7-14(12(2)22)18(15)26-17;1-9-8-18(3-4-23-9)15-7-14(20)13-6-11(17(21)22)5-12(10(2)19)16(13)24-15/h7-9,11-12,22H,5-6,10H2,1-4H3;5-7,9-10,19H,3-4,8H2,1-2H3,(H,21,22)/t11-,12?;9-,10?/m11/s1. The third-order valence-electron chi connectivity index (χ3n) is 8.59. The highest BCUT2D eigenvalue weighted by Crippen LogP contribution is 2.30. The Kier molecular flexibility index (Phi) is 11.0. The van der Waals surface area contributed by atoms with E-state index in [1.165, 1.54) is 42.2 Å². The number of morpholine rings is 2. The molecule has 2 saturated heterocycles. The van der Waals surface area contributed by atoms with Crippen LogP contribution in [0.1, 0.15) is 71.7 Å². The number of carbonyl (C=O) groups is 2. The Morgan fingerprint density at radius 2 is 1.16 bits per heavy atom. The number of aromatic carboxylic acids is 1. The number of aliphatic hydroxyl groups is 2. The molecule has 0 spiro atoms. The summed E-state index contributed by atoms with van der Waals surface area (Å²) < 4.78 is 22.9. The van der Waals surface area contributed by atoms with Gasteiger partial charge in [-0.05, 0) is 52.0 Å². The SMILES string of the molecule is CC(O)c1cc(C(=O)N(C)C)cc2c(=O)cc(N3CCO[C@H](C)C3)oc12.CC(O)c1cc(C(=O)O)cc2c(=O)cc(N3CCO[C@H](C)C3)oc12. The lowest BCUT2D eigenvalue weighted by Crippen LogP contribution is -2.41. The molecule has 0 bridgehead atoms. The molecule has 2 aromatic heterocycles. The summed E-state index contributed by atoms with van der Waals surface area (Å²) in [6, 6.07) is 8.53. The molecule has 14 nitrogen and oxygen atoms in total. The molecule has 2 aromatic carbocycles. The fraction of sp³-hybridized carbons (Fsp3) is 0.444. The highest BCUT2D eigenvalue weighted by atomic mass is 16.5. The third-order valence-corrected chi connectivity index (χ3v) is 8.59. The van der Waals surface area contributed by atoms with E-state index in [9.17, 15) is 34.5 Å². The predicted octanol–water partition coefficient (Wildman–Crippen LogP) is 3.54. The predicted molar refractivity (Wildman–Crippen MR) is 186 cm³/mol. The van der Waals surface area contributed by atoms with Crippen LogP contribution < -0.4 is 20.7 Å². The Hall–Kier alpha value is -4.76. The van der Waals surface area contributed by atoms with Crippen LogP contribution in [0.2, 0.25) is 0 Å². The minimum Gasteiger partial charge on any atom is -0.478 e. The van der Waals surface area contributed by atoms with Crippen molar-refractivity contribution in [2.24, 2.45) is 0 Å². The summed E-state index contributed by atoms with van der Waals surface area (Å²) in [5.74, 6) is -0.553. The molecule has 50 heavy (non-hydrogen) atoms. The average molecular weight is 694 g/mol. The number of nitrogens with zero attached hydrogens (tertiary/aromatic N) is 3. The Morgan fingerprint density at radius 3 is 1.54 bits per heavy atom. The molecule has 0 aliphatic carbocycles. The molecule has 2 fully saturated rings. The van der Waals surface area contributed by atoms with Crippen LogP contribution in [0, 0.1) is 0 Å². The summed E-state index contributed by atoms with van der Waals surface area (Å²) >= 11 is 0. The van der Waals surface area contributed by atoms with Crippen LogP contribution in [0.25, 0.3) is 21.9 Å². The monoisotopic (exact) mass is 693 g/mol. The van der Waals surface area contributed by atoms with E-state index in [4.69, 9.17) is 18.3 Å². The number of benzene rings is 2. The van der Waals surface area contributed by atoms with Gasteiger partial charge in [0.2, 0.25) is 0 Å². The molecule has 14 heteroatoms. The van der Waals surface area contributed by atoms with E-state index in [1.807, 2.05) is 23.6 Å². The van der Waals surface area contributed by atoms with Crippen LogP contribution in [-0.4, -0.2) is 97.8 Å². The van der Waals surface area contributed by atoms with Gasteiger partial charge in [-0.25, -0.2) is 4.79 Å². The molecule has 3 N–H and O–H groups in total. The van der Waals surface area contributed by atoms with Gasteiger partial charge in [0, 0.05) is 69.1 Å². The van der Waals surface area contributed by atoms with E-state index >= 15 is 0 Å². The number of rotatable bonds is 6. The van der Waals surface area contributed by atoms with Gasteiger partial charge in [-0.1, -0.05) is 0 Å². The van der Waals surface area contributed by atoms with Crippen molar-refractivity contribution in [1.29, 1.82) is 0 Å². The van der Waals surface area contributed by atoms with E-state index in [0.717, 1.165) is 0 Å². The van der Waals surface area contributed by atoms with E-state index in [-0.39, 0.29) is 51.1 Å². The first-order valence-corrected chi connectivity index (χ1v) is 16.4. The van der Waals surface area contributed by atoms with Crippen molar-refractivity contribution in [3.05, 3.63) is 79.1 Å². The minimum atomic E-state index is -1.16. The number of carbonyl (C=O) groups excluding carboxylic acids is 1. The molecule has 268 valence electrons. The van der Waals surface area contributed by atoms with Gasteiger partial charge in [0.15, 0.2) is 22.6 Å². The van der Waals surface area contributed by atoms with Crippen molar-refractivity contribution < 1.29 is 43.2 Å². The summed E-state index contributed by atoms with van der Waals surface area (Å²) in [5, 5.41) is 29.8. The zero-order chi connectivity index (χ0) is 36.4. The summed E-state index contributed by atoms with van der Waals surface area (Å²) in [6.07, 6.45) is -1.78. The highest BCUT2D eigenvalue weighted by Gasteiger charge is 2.24. The normalized spacial score (nSPS) is 19.1. The summed E-state index contributed by atoms with van der Waals surface area (Å²) in [4.78, 5) is 54.1. The molecular formula is C36H43N3O11. The Morgan fingerprint density at radius 1 is 0.740 bits per heavy atom. The van der Waals surface area contributed by atoms with Crippen LogP contribution in [0.5, 0.6) is 0 Å². The number of ether oxygens (including phenoxy) is 2. The summed E-state index contributed by atoms with van der Waals surface area (Å²) in [6.45, 7) is 10.5. The van der Waals surface area contributed by atoms with Gasteiger partial charge < -0.3 is 48.3 Å². The number of fused-ring (bicyclic) bond motifs is 2. The number of anilines is 2. The second kappa shape index (κ2) is 15.0. The molecule has 0 radical (unpaired) electrons. The smallest absolute Gasteiger partial charge is 0.335 e. The van der Waals surface area contributed by atoms with E-state index in [1.54, 1.807) is 27.1 Å². The lowest BCUT2D eigenvalue weighted by molar-refractivity contribution is 0.0516. The molecule has 1 amide bonds.